The molecule has 0 aliphatic carbocycles. The lowest BCUT2D eigenvalue weighted by Crippen LogP contribution is -2.42. The molecule has 116 valence electrons. The third kappa shape index (κ3) is 4.80. The number of benzene rings is 1. The molecule has 1 atom stereocenters. The lowest BCUT2D eigenvalue weighted by atomic mass is 10.0. The third-order valence-electron chi connectivity index (χ3n) is 4.85. The zero-order chi connectivity index (χ0) is 14.3. The van der Waals surface area contributed by atoms with E-state index in [-0.39, 0.29) is 0 Å². The van der Waals surface area contributed by atoms with Crippen molar-refractivity contribution in [2.75, 3.05) is 32.8 Å². The van der Waals surface area contributed by atoms with E-state index in [1.165, 1.54) is 44.3 Å². The molecular formula is C18H28N2O. The van der Waals surface area contributed by atoms with Gasteiger partial charge in [0.25, 0.3) is 0 Å². The summed E-state index contributed by atoms with van der Waals surface area (Å²) in [5.41, 5.74) is 1.44. The molecule has 0 bridgehead atoms. The summed E-state index contributed by atoms with van der Waals surface area (Å²) in [6.07, 6.45) is 5.11. The average molecular weight is 288 g/mol. The van der Waals surface area contributed by atoms with Gasteiger partial charge in [-0.3, -0.25) is 4.90 Å². The van der Waals surface area contributed by atoms with Crippen LogP contribution in [0.4, 0.5) is 0 Å². The number of piperidine rings is 1. The maximum atomic E-state index is 5.44. The lowest BCUT2D eigenvalue weighted by Gasteiger charge is -2.32. The summed E-state index contributed by atoms with van der Waals surface area (Å²) >= 11 is 0. The number of ether oxygens (including phenoxy) is 1. The first kappa shape index (κ1) is 15.0. The summed E-state index contributed by atoms with van der Waals surface area (Å²) in [4.78, 5) is 2.58. The molecule has 0 amide bonds. The highest BCUT2D eigenvalue weighted by atomic mass is 16.5. The van der Waals surface area contributed by atoms with E-state index in [1.54, 1.807) is 0 Å². The molecule has 2 aliphatic rings. The zero-order valence-corrected chi connectivity index (χ0v) is 13.0. The fraction of sp³-hybridized carbons (Fsp3) is 0.667. The SMILES string of the molecule is c1ccc(CN2CCC(NCCC3CCOC3)CC2)cc1. The second kappa shape index (κ2) is 7.92. The van der Waals surface area contributed by atoms with Gasteiger partial charge in [-0.1, -0.05) is 30.3 Å². The molecule has 2 fully saturated rings. The molecule has 1 aromatic carbocycles. The van der Waals surface area contributed by atoms with Crippen LogP contribution in [0.5, 0.6) is 0 Å². The van der Waals surface area contributed by atoms with Gasteiger partial charge < -0.3 is 10.1 Å². The minimum absolute atomic E-state index is 0.722. The van der Waals surface area contributed by atoms with Crippen molar-refractivity contribution in [3.05, 3.63) is 35.9 Å². The number of hydrogen-bond acceptors (Lipinski definition) is 3. The number of rotatable bonds is 6. The van der Waals surface area contributed by atoms with Crippen molar-refractivity contribution in [3.63, 3.8) is 0 Å². The molecule has 0 saturated carbocycles. The molecule has 1 unspecified atom stereocenters. The number of nitrogens with one attached hydrogen (secondary N) is 1. The van der Waals surface area contributed by atoms with Crippen LogP contribution in [0.25, 0.3) is 0 Å². The van der Waals surface area contributed by atoms with Gasteiger partial charge in [0.2, 0.25) is 0 Å². The summed E-state index contributed by atoms with van der Waals surface area (Å²) in [6.45, 7) is 6.67. The van der Waals surface area contributed by atoms with Gasteiger partial charge in [0.15, 0.2) is 0 Å². The molecule has 0 radical (unpaired) electrons. The molecule has 21 heavy (non-hydrogen) atoms. The van der Waals surface area contributed by atoms with Crippen molar-refractivity contribution >= 4 is 0 Å². The van der Waals surface area contributed by atoms with Crippen LogP contribution in [0.1, 0.15) is 31.2 Å². The molecule has 3 nitrogen and oxygen atoms in total. The van der Waals surface area contributed by atoms with E-state index in [9.17, 15) is 0 Å². The summed E-state index contributed by atoms with van der Waals surface area (Å²) in [6, 6.07) is 11.5. The molecular weight excluding hydrogens is 260 g/mol. The van der Waals surface area contributed by atoms with Gasteiger partial charge in [0.05, 0.1) is 0 Å². The molecule has 2 aliphatic heterocycles. The van der Waals surface area contributed by atoms with Gasteiger partial charge in [0.1, 0.15) is 0 Å². The smallest absolute Gasteiger partial charge is 0.0495 e. The Hall–Kier alpha value is -0.900. The first-order valence-electron chi connectivity index (χ1n) is 8.47. The fourth-order valence-corrected chi connectivity index (χ4v) is 3.44. The van der Waals surface area contributed by atoms with Gasteiger partial charge in [-0.2, -0.15) is 0 Å². The van der Waals surface area contributed by atoms with Crippen LogP contribution in [0, 0.1) is 5.92 Å². The molecule has 1 aromatic rings. The Morgan fingerprint density at radius 1 is 1.10 bits per heavy atom. The van der Waals surface area contributed by atoms with Gasteiger partial charge in [-0.25, -0.2) is 0 Å². The summed E-state index contributed by atoms with van der Waals surface area (Å²) in [5.74, 6) is 0.802. The van der Waals surface area contributed by atoms with Crippen LogP contribution >= 0.6 is 0 Å². The predicted octanol–water partition coefficient (Wildman–Crippen LogP) is 2.67. The second-order valence-corrected chi connectivity index (χ2v) is 6.51. The molecule has 2 saturated heterocycles. The molecule has 0 spiro atoms. The van der Waals surface area contributed by atoms with Gasteiger partial charge in [0, 0.05) is 25.8 Å². The predicted molar refractivity (Wildman–Crippen MR) is 86.3 cm³/mol. The summed E-state index contributed by atoms with van der Waals surface area (Å²) < 4.78 is 5.44. The highest BCUT2D eigenvalue weighted by molar-refractivity contribution is 5.14. The largest absolute Gasteiger partial charge is 0.381 e. The number of nitrogens with zero attached hydrogens (tertiary/aromatic N) is 1. The Labute approximate surface area is 128 Å². The van der Waals surface area contributed by atoms with Crippen LogP contribution in [-0.4, -0.2) is 43.8 Å². The van der Waals surface area contributed by atoms with Gasteiger partial charge >= 0.3 is 0 Å². The molecule has 0 aromatic heterocycles. The van der Waals surface area contributed by atoms with Crippen LogP contribution in [0.2, 0.25) is 0 Å². The van der Waals surface area contributed by atoms with Crippen LogP contribution < -0.4 is 5.32 Å². The lowest BCUT2D eigenvalue weighted by molar-refractivity contribution is 0.179. The van der Waals surface area contributed by atoms with Crippen molar-refractivity contribution in [2.24, 2.45) is 5.92 Å². The van der Waals surface area contributed by atoms with E-state index >= 15 is 0 Å². The Kier molecular flexibility index (Phi) is 5.67. The highest BCUT2D eigenvalue weighted by Crippen LogP contribution is 2.17. The Morgan fingerprint density at radius 2 is 1.90 bits per heavy atom. The van der Waals surface area contributed by atoms with E-state index < -0.39 is 0 Å². The van der Waals surface area contributed by atoms with Gasteiger partial charge in [-0.05, 0) is 56.8 Å². The Morgan fingerprint density at radius 3 is 2.62 bits per heavy atom. The summed E-state index contributed by atoms with van der Waals surface area (Å²) in [5, 5.41) is 3.75. The topological polar surface area (TPSA) is 24.5 Å². The van der Waals surface area contributed by atoms with Crippen molar-refractivity contribution in [2.45, 2.75) is 38.3 Å². The van der Waals surface area contributed by atoms with E-state index in [4.69, 9.17) is 4.74 Å². The van der Waals surface area contributed by atoms with E-state index in [0.717, 1.165) is 38.3 Å². The summed E-state index contributed by atoms with van der Waals surface area (Å²) in [7, 11) is 0. The van der Waals surface area contributed by atoms with Crippen LogP contribution in [-0.2, 0) is 11.3 Å². The molecule has 3 rings (SSSR count). The molecule has 3 heteroatoms. The Balaban J connectivity index is 1.31. The van der Waals surface area contributed by atoms with Crippen molar-refractivity contribution in [1.82, 2.24) is 10.2 Å². The highest BCUT2D eigenvalue weighted by Gasteiger charge is 2.20. The molecule has 1 N–H and O–H groups in total. The standard InChI is InChI=1S/C18H28N2O/c1-2-4-16(5-3-1)14-20-11-7-18(8-12-20)19-10-6-17-9-13-21-15-17/h1-5,17-19H,6-15H2. The normalized spacial score (nSPS) is 24.5. The molecule has 2 heterocycles. The van der Waals surface area contributed by atoms with Crippen LogP contribution in [0.3, 0.4) is 0 Å². The number of likely N-dealkylation sites (tertiary alicyclic amines) is 1. The van der Waals surface area contributed by atoms with Crippen molar-refractivity contribution in [3.8, 4) is 0 Å². The average Bonchev–Trinajstić information content (AvgIpc) is 3.03. The van der Waals surface area contributed by atoms with E-state index in [2.05, 4.69) is 40.5 Å². The minimum Gasteiger partial charge on any atom is -0.381 e. The first-order valence-corrected chi connectivity index (χ1v) is 8.47. The van der Waals surface area contributed by atoms with Gasteiger partial charge in [-0.15, -0.1) is 0 Å². The maximum Gasteiger partial charge on any atom is 0.0495 e. The van der Waals surface area contributed by atoms with E-state index in [0.29, 0.717) is 0 Å². The van der Waals surface area contributed by atoms with E-state index in [1.807, 2.05) is 0 Å². The second-order valence-electron chi connectivity index (χ2n) is 6.51. The van der Waals surface area contributed by atoms with Crippen LogP contribution in [0.15, 0.2) is 30.3 Å². The maximum absolute atomic E-state index is 5.44. The zero-order valence-electron chi connectivity index (χ0n) is 13.0. The van der Waals surface area contributed by atoms with Crippen molar-refractivity contribution in [1.29, 1.82) is 0 Å². The Bertz CT molecular complexity index is 395. The first-order chi connectivity index (χ1) is 10.4. The minimum atomic E-state index is 0.722. The fourth-order valence-electron chi connectivity index (χ4n) is 3.44. The third-order valence-corrected chi connectivity index (χ3v) is 4.85. The monoisotopic (exact) mass is 288 g/mol. The van der Waals surface area contributed by atoms with Crippen molar-refractivity contribution < 1.29 is 4.74 Å². The quantitative estimate of drug-likeness (QED) is 0.871. The number of hydrogen-bond donors (Lipinski definition) is 1.